The highest BCUT2D eigenvalue weighted by molar-refractivity contribution is 7.10. The first-order valence-corrected chi connectivity index (χ1v) is 11.7. The van der Waals surface area contributed by atoms with Crippen LogP contribution in [-0.2, 0) is 10.3 Å². The lowest BCUT2D eigenvalue weighted by molar-refractivity contribution is -0.117. The second-order valence-electron chi connectivity index (χ2n) is 7.98. The number of nitrogens with zero attached hydrogens (tertiary/aromatic N) is 2. The minimum Gasteiger partial charge on any atom is -0.294 e. The van der Waals surface area contributed by atoms with Crippen LogP contribution in [0.25, 0.3) is 6.08 Å². The Morgan fingerprint density at radius 2 is 1.34 bits per heavy atom. The van der Waals surface area contributed by atoms with Crippen molar-refractivity contribution in [1.29, 1.82) is 0 Å². The third kappa shape index (κ3) is 3.72. The molecule has 1 saturated heterocycles. The molecule has 3 nitrogen and oxygen atoms in total. The average molecular weight is 437 g/mol. The monoisotopic (exact) mass is 436 g/mol. The van der Waals surface area contributed by atoms with Crippen LogP contribution in [0.2, 0.25) is 0 Å². The fraction of sp³-hybridized carbons (Fsp3) is 0.143. The lowest BCUT2D eigenvalue weighted by Gasteiger charge is -2.47. The number of rotatable bonds is 5. The summed E-state index contributed by atoms with van der Waals surface area (Å²) in [4.78, 5) is 20.5. The van der Waals surface area contributed by atoms with Crippen molar-refractivity contribution in [3.63, 3.8) is 0 Å². The molecule has 0 saturated carbocycles. The zero-order valence-electron chi connectivity index (χ0n) is 17.7. The first-order chi connectivity index (χ1) is 15.8. The second kappa shape index (κ2) is 9.03. The van der Waals surface area contributed by atoms with Crippen LogP contribution >= 0.6 is 11.3 Å². The van der Waals surface area contributed by atoms with Gasteiger partial charge in [-0.1, -0.05) is 91.0 Å². The molecule has 4 heteroatoms. The molecule has 1 fully saturated rings. The Balaban J connectivity index is 1.72. The first kappa shape index (κ1) is 20.6. The Hall–Kier alpha value is -3.34. The second-order valence-corrected chi connectivity index (χ2v) is 8.89. The van der Waals surface area contributed by atoms with Crippen LogP contribution in [-0.4, -0.2) is 28.8 Å². The van der Waals surface area contributed by atoms with Crippen LogP contribution < -0.4 is 0 Å². The molecule has 0 atom stereocenters. The Kier molecular flexibility index (Phi) is 5.80. The quantitative estimate of drug-likeness (QED) is 0.293. The zero-order chi connectivity index (χ0) is 21.8. The smallest absolute Gasteiger partial charge is 0.161 e. The van der Waals surface area contributed by atoms with Gasteiger partial charge in [0, 0.05) is 36.2 Å². The molecule has 3 aromatic carbocycles. The van der Waals surface area contributed by atoms with Gasteiger partial charge < -0.3 is 0 Å². The predicted octanol–water partition coefficient (Wildman–Crippen LogP) is 5.79. The third-order valence-corrected chi connectivity index (χ3v) is 6.87. The van der Waals surface area contributed by atoms with Gasteiger partial charge in [-0.3, -0.25) is 14.7 Å². The molecule has 1 aliphatic rings. The van der Waals surface area contributed by atoms with E-state index < -0.39 is 5.54 Å². The van der Waals surface area contributed by atoms with E-state index in [0.29, 0.717) is 19.5 Å². The van der Waals surface area contributed by atoms with E-state index in [-0.39, 0.29) is 5.78 Å². The van der Waals surface area contributed by atoms with Gasteiger partial charge in [0.05, 0.1) is 11.0 Å². The van der Waals surface area contributed by atoms with Crippen molar-refractivity contribution in [3.8, 4) is 0 Å². The van der Waals surface area contributed by atoms with Crippen LogP contribution in [0.15, 0.2) is 108 Å². The summed E-state index contributed by atoms with van der Waals surface area (Å²) in [7, 11) is 0. The Labute approximate surface area is 192 Å². The lowest BCUT2D eigenvalue weighted by atomic mass is 9.74. The van der Waals surface area contributed by atoms with Gasteiger partial charge in [0.25, 0.3) is 0 Å². The van der Waals surface area contributed by atoms with E-state index in [1.54, 1.807) is 16.8 Å². The van der Waals surface area contributed by atoms with Gasteiger partial charge >= 0.3 is 0 Å². The number of likely N-dealkylation sites (tertiary alicyclic amines) is 1. The number of benzene rings is 3. The molecule has 0 spiro atoms. The van der Waals surface area contributed by atoms with E-state index in [1.165, 1.54) is 16.7 Å². The van der Waals surface area contributed by atoms with E-state index in [1.807, 2.05) is 12.3 Å². The number of Topliss-reactive ketones (excluding diaryl/α,β-unsaturated/α-hetero) is 1. The highest BCUT2D eigenvalue weighted by atomic mass is 32.1. The first-order valence-electron chi connectivity index (χ1n) is 10.8. The van der Waals surface area contributed by atoms with E-state index in [0.717, 1.165) is 10.5 Å². The van der Waals surface area contributed by atoms with Crippen molar-refractivity contribution in [2.24, 2.45) is 0 Å². The number of carbonyl (C=O) groups is 1. The maximum Gasteiger partial charge on any atom is 0.161 e. The number of hydrogen-bond donors (Lipinski definition) is 0. The Morgan fingerprint density at radius 1 is 0.812 bits per heavy atom. The summed E-state index contributed by atoms with van der Waals surface area (Å²) in [6.07, 6.45) is 4.33. The fourth-order valence-corrected chi connectivity index (χ4v) is 5.31. The Morgan fingerprint density at radius 3 is 1.81 bits per heavy atom. The van der Waals surface area contributed by atoms with E-state index in [9.17, 15) is 4.79 Å². The van der Waals surface area contributed by atoms with Crippen LogP contribution in [0.3, 0.4) is 0 Å². The van der Waals surface area contributed by atoms with Gasteiger partial charge in [-0.25, -0.2) is 0 Å². The number of aromatic nitrogens is 1. The predicted molar refractivity (Wildman–Crippen MR) is 130 cm³/mol. The molecule has 0 amide bonds. The van der Waals surface area contributed by atoms with Crippen molar-refractivity contribution in [1.82, 2.24) is 9.88 Å². The third-order valence-electron chi connectivity index (χ3n) is 6.15. The van der Waals surface area contributed by atoms with Gasteiger partial charge in [0.2, 0.25) is 0 Å². The van der Waals surface area contributed by atoms with Gasteiger partial charge in [-0.2, -0.15) is 0 Å². The summed E-state index contributed by atoms with van der Waals surface area (Å²) >= 11 is 1.56. The largest absolute Gasteiger partial charge is 0.294 e. The van der Waals surface area contributed by atoms with Crippen molar-refractivity contribution in [2.75, 3.05) is 13.1 Å². The number of ketones is 1. The standard InChI is InChI=1S/C28H24N2OS/c31-27-16-17-30(20-22(27)18-26-19-29-21-32-26)28(23-10-4-1-5-11-23,24-12-6-2-7-13-24)25-14-8-3-9-15-25/h1-15,18-19,21H,16-17,20H2/b22-18+. The summed E-state index contributed by atoms with van der Waals surface area (Å²) in [6.45, 7) is 1.27. The van der Waals surface area contributed by atoms with Gasteiger partial charge in [-0.05, 0) is 22.8 Å². The van der Waals surface area contributed by atoms with Crippen molar-refractivity contribution in [2.45, 2.75) is 12.0 Å². The summed E-state index contributed by atoms with van der Waals surface area (Å²) in [5.74, 6) is 0.220. The SMILES string of the molecule is O=C1CCN(C(c2ccccc2)(c2ccccc2)c2ccccc2)C/C1=C\c1cncs1. The van der Waals surface area contributed by atoms with Crippen molar-refractivity contribution < 1.29 is 4.79 Å². The molecule has 4 aromatic rings. The highest BCUT2D eigenvalue weighted by Crippen LogP contribution is 2.44. The normalized spacial score (nSPS) is 16.4. The molecule has 0 unspecified atom stereocenters. The molecule has 1 aromatic heterocycles. The maximum atomic E-state index is 12.9. The van der Waals surface area contributed by atoms with Crippen molar-refractivity contribution >= 4 is 23.2 Å². The van der Waals surface area contributed by atoms with Crippen LogP contribution in [0.5, 0.6) is 0 Å². The summed E-state index contributed by atoms with van der Waals surface area (Å²) in [5, 5.41) is 0. The minimum atomic E-state index is -0.503. The molecule has 32 heavy (non-hydrogen) atoms. The topological polar surface area (TPSA) is 33.2 Å². The minimum absolute atomic E-state index is 0.220. The molecule has 0 aliphatic carbocycles. The molecule has 0 radical (unpaired) electrons. The molecular weight excluding hydrogens is 412 g/mol. The maximum absolute atomic E-state index is 12.9. The molecule has 1 aliphatic heterocycles. The highest BCUT2D eigenvalue weighted by Gasteiger charge is 2.44. The zero-order valence-corrected chi connectivity index (χ0v) is 18.5. The summed E-state index contributed by atoms with van der Waals surface area (Å²) in [5.41, 5.74) is 5.74. The van der Waals surface area contributed by atoms with E-state index in [2.05, 4.69) is 101 Å². The summed E-state index contributed by atoms with van der Waals surface area (Å²) < 4.78 is 0. The van der Waals surface area contributed by atoms with E-state index in [4.69, 9.17) is 0 Å². The summed E-state index contributed by atoms with van der Waals surface area (Å²) in [6, 6.07) is 31.9. The molecule has 158 valence electrons. The fourth-order valence-electron chi connectivity index (χ4n) is 4.74. The number of hydrogen-bond acceptors (Lipinski definition) is 4. The lowest BCUT2D eigenvalue weighted by Crippen LogP contribution is -2.52. The molecule has 0 N–H and O–H groups in total. The van der Waals surface area contributed by atoms with Crippen molar-refractivity contribution in [3.05, 3.63) is 130 Å². The van der Waals surface area contributed by atoms with Crippen LogP contribution in [0, 0.1) is 0 Å². The number of carbonyl (C=O) groups excluding carboxylic acids is 1. The number of piperidine rings is 1. The van der Waals surface area contributed by atoms with Gasteiger partial charge in [0.1, 0.15) is 0 Å². The van der Waals surface area contributed by atoms with Crippen LogP contribution in [0.4, 0.5) is 0 Å². The average Bonchev–Trinajstić information content (AvgIpc) is 3.37. The molecule has 5 rings (SSSR count). The molecular formula is C28H24N2OS. The van der Waals surface area contributed by atoms with Gasteiger partial charge in [-0.15, -0.1) is 11.3 Å². The van der Waals surface area contributed by atoms with Gasteiger partial charge in [0.15, 0.2) is 5.78 Å². The Bertz CT molecular complexity index is 1110. The van der Waals surface area contributed by atoms with Crippen LogP contribution in [0.1, 0.15) is 28.0 Å². The number of thiazole rings is 1. The molecule has 2 heterocycles. The molecule has 0 bridgehead atoms. The van der Waals surface area contributed by atoms with E-state index >= 15 is 0 Å².